The van der Waals surface area contributed by atoms with E-state index in [0.29, 0.717) is 23.5 Å². The maximum atomic E-state index is 9.52. The number of phenolic OH excluding ortho intramolecular Hbond substituents is 1. The third kappa shape index (κ3) is 3.41. The highest BCUT2D eigenvalue weighted by Gasteiger charge is 2.12. The number of allylic oxidation sites excluding steroid dienone is 1. The Hall–Kier alpha value is -3.46. The van der Waals surface area contributed by atoms with Gasteiger partial charge in [0, 0.05) is 0 Å². The zero-order chi connectivity index (χ0) is 16.1. The van der Waals surface area contributed by atoms with Gasteiger partial charge in [0.1, 0.15) is 11.8 Å². The Balaban J connectivity index is 1.94. The quantitative estimate of drug-likeness (QED) is 0.748. The van der Waals surface area contributed by atoms with Gasteiger partial charge in [-0.3, -0.25) is 0 Å². The minimum absolute atomic E-state index is 0.139. The fourth-order valence-corrected chi connectivity index (χ4v) is 2.19. The van der Waals surface area contributed by atoms with Crippen molar-refractivity contribution in [3.63, 3.8) is 0 Å². The fraction of sp³-hybridized carbons (Fsp3) is 0.0588. The number of phenols is 1. The number of nitrogens with zero attached hydrogens (tertiary/aromatic N) is 5. The van der Waals surface area contributed by atoms with Crippen LogP contribution in [0, 0.1) is 11.3 Å². The van der Waals surface area contributed by atoms with Crippen LogP contribution in [0.3, 0.4) is 0 Å². The molecule has 23 heavy (non-hydrogen) atoms. The number of hydrogen-bond acceptors (Lipinski definition) is 5. The highest BCUT2D eigenvalue weighted by Crippen LogP contribution is 2.18. The van der Waals surface area contributed by atoms with Crippen LogP contribution in [0.25, 0.3) is 11.6 Å². The van der Waals surface area contributed by atoms with E-state index < -0.39 is 0 Å². The molecule has 0 aliphatic carbocycles. The Labute approximate surface area is 132 Å². The lowest BCUT2D eigenvalue weighted by atomic mass is 10.1. The van der Waals surface area contributed by atoms with Crippen LogP contribution >= 0.6 is 0 Å². The van der Waals surface area contributed by atoms with Crippen LogP contribution in [0.15, 0.2) is 54.6 Å². The Bertz CT molecular complexity index is 877. The van der Waals surface area contributed by atoms with E-state index in [1.807, 2.05) is 30.3 Å². The third-order valence-corrected chi connectivity index (χ3v) is 3.25. The molecule has 0 aliphatic heterocycles. The van der Waals surface area contributed by atoms with Gasteiger partial charge >= 0.3 is 0 Å². The monoisotopic (exact) mass is 303 g/mol. The fourth-order valence-electron chi connectivity index (χ4n) is 2.19. The maximum Gasteiger partial charge on any atom is 0.193 e. The van der Waals surface area contributed by atoms with Gasteiger partial charge in [-0.15, -0.1) is 5.10 Å². The highest BCUT2D eigenvalue weighted by atomic mass is 16.3. The van der Waals surface area contributed by atoms with E-state index in [1.165, 1.54) is 0 Å². The van der Waals surface area contributed by atoms with Gasteiger partial charge < -0.3 is 5.11 Å². The minimum Gasteiger partial charge on any atom is -0.508 e. The second-order valence-corrected chi connectivity index (χ2v) is 4.91. The second-order valence-electron chi connectivity index (χ2n) is 4.91. The van der Waals surface area contributed by atoms with Gasteiger partial charge in [-0.2, -0.15) is 5.26 Å². The van der Waals surface area contributed by atoms with Crippen molar-refractivity contribution in [2.75, 3.05) is 0 Å². The van der Waals surface area contributed by atoms with E-state index in [9.17, 15) is 10.4 Å². The van der Waals surface area contributed by atoms with E-state index in [0.717, 1.165) is 5.56 Å². The van der Waals surface area contributed by atoms with Crippen LogP contribution in [0.5, 0.6) is 5.75 Å². The molecule has 6 nitrogen and oxygen atoms in total. The molecule has 1 heterocycles. The van der Waals surface area contributed by atoms with Crippen molar-refractivity contribution in [2.45, 2.75) is 6.54 Å². The number of aromatic hydroxyl groups is 1. The Morgan fingerprint density at radius 2 is 2.00 bits per heavy atom. The predicted molar refractivity (Wildman–Crippen MR) is 85.0 cm³/mol. The lowest BCUT2D eigenvalue weighted by molar-refractivity contribution is 0.475. The van der Waals surface area contributed by atoms with Crippen LogP contribution in [-0.4, -0.2) is 25.3 Å². The van der Waals surface area contributed by atoms with Gasteiger partial charge in [0.2, 0.25) is 0 Å². The molecule has 0 radical (unpaired) electrons. The first kappa shape index (κ1) is 14.5. The van der Waals surface area contributed by atoms with Crippen molar-refractivity contribution >= 4 is 11.6 Å². The molecule has 2 aromatic carbocycles. The molecule has 0 spiro atoms. The van der Waals surface area contributed by atoms with Crippen LogP contribution in [0.1, 0.15) is 17.0 Å². The van der Waals surface area contributed by atoms with Crippen LogP contribution in [-0.2, 0) is 6.54 Å². The Kier molecular flexibility index (Phi) is 4.11. The maximum absolute atomic E-state index is 9.52. The molecule has 0 atom stereocenters. The summed E-state index contributed by atoms with van der Waals surface area (Å²) in [4.78, 5) is 0. The van der Waals surface area contributed by atoms with E-state index in [2.05, 4.69) is 21.6 Å². The number of benzene rings is 2. The number of nitriles is 1. The number of aromatic nitrogens is 4. The molecule has 0 unspecified atom stereocenters. The summed E-state index contributed by atoms with van der Waals surface area (Å²) in [5, 5.41) is 30.5. The predicted octanol–water partition coefficient (Wildman–Crippen LogP) is 2.49. The molecule has 0 aliphatic rings. The number of rotatable bonds is 4. The molecule has 0 saturated heterocycles. The average Bonchev–Trinajstić information content (AvgIpc) is 3.01. The average molecular weight is 303 g/mol. The molecule has 1 aromatic heterocycles. The molecule has 3 rings (SSSR count). The zero-order valence-electron chi connectivity index (χ0n) is 12.2. The Morgan fingerprint density at radius 1 is 1.17 bits per heavy atom. The molecule has 0 bridgehead atoms. The first-order valence-electron chi connectivity index (χ1n) is 6.97. The largest absolute Gasteiger partial charge is 0.508 e. The Morgan fingerprint density at radius 3 is 2.74 bits per heavy atom. The van der Waals surface area contributed by atoms with Crippen LogP contribution < -0.4 is 0 Å². The minimum atomic E-state index is 0.139. The van der Waals surface area contributed by atoms with E-state index in [4.69, 9.17) is 0 Å². The summed E-state index contributed by atoms with van der Waals surface area (Å²) >= 11 is 0. The van der Waals surface area contributed by atoms with Gasteiger partial charge in [-0.1, -0.05) is 42.5 Å². The molecule has 0 saturated carbocycles. The van der Waals surface area contributed by atoms with Crippen molar-refractivity contribution in [3.05, 3.63) is 71.5 Å². The highest BCUT2D eigenvalue weighted by molar-refractivity contribution is 5.87. The molecule has 6 heteroatoms. The summed E-state index contributed by atoms with van der Waals surface area (Å²) in [6.07, 6.45) is 1.65. The molecule has 3 aromatic rings. The third-order valence-electron chi connectivity index (χ3n) is 3.25. The van der Waals surface area contributed by atoms with Crippen molar-refractivity contribution in [3.8, 4) is 11.8 Å². The van der Waals surface area contributed by atoms with Crippen molar-refractivity contribution < 1.29 is 5.11 Å². The smallest absolute Gasteiger partial charge is 0.193 e. The number of hydrogen-bond donors (Lipinski definition) is 1. The van der Waals surface area contributed by atoms with Gasteiger partial charge in [0.25, 0.3) is 0 Å². The van der Waals surface area contributed by atoms with Crippen molar-refractivity contribution in [2.24, 2.45) is 0 Å². The summed E-state index contributed by atoms with van der Waals surface area (Å²) in [5.74, 6) is 0.527. The van der Waals surface area contributed by atoms with Crippen LogP contribution in [0.2, 0.25) is 0 Å². The standard InChI is InChI=1S/C17H13N5O/c18-11-15(9-14-7-4-8-16(23)10-14)17-19-20-21-22(17)12-13-5-2-1-3-6-13/h1-10,23H,12H2/b15-9+. The summed E-state index contributed by atoms with van der Waals surface area (Å²) in [6, 6.07) is 18.5. The first-order valence-corrected chi connectivity index (χ1v) is 6.97. The van der Waals surface area contributed by atoms with E-state index in [-0.39, 0.29) is 5.75 Å². The second kappa shape index (κ2) is 6.54. The van der Waals surface area contributed by atoms with Gasteiger partial charge in [-0.05, 0) is 39.8 Å². The topological polar surface area (TPSA) is 87.6 Å². The molecule has 0 fully saturated rings. The summed E-state index contributed by atoms with van der Waals surface area (Å²) in [6.45, 7) is 0.474. The van der Waals surface area contributed by atoms with E-state index >= 15 is 0 Å². The SMILES string of the molecule is N#C/C(=C\c1cccc(O)c1)c1nnnn1Cc1ccccc1. The lowest BCUT2D eigenvalue weighted by Crippen LogP contribution is -2.06. The molecule has 0 amide bonds. The first-order chi connectivity index (χ1) is 11.3. The van der Waals surface area contributed by atoms with Gasteiger partial charge in [0.15, 0.2) is 5.82 Å². The van der Waals surface area contributed by atoms with Crippen LogP contribution in [0.4, 0.5) is 0 Å². The van der Waals surface area contributed by atoms with Crippen molar-refractivity contribution in [1.82, 2.24) is 20.2 Å². The number of tetrazole rings is 1. The molecular weight excluding hydrogens is 290 g/mol. The summed E-state index contributed by atoms with van der Waals surface area (Å²) in [7, 11) is 0. The molecule has 112 valence electrons. The normalized spacial score (nSPS) is 11.2. The molecule has 1 N–H and O–H groups in total. The zero-order valence-corrected chi connectivity index (χ0v) is 12.2. The molecular formula is C17H13N5O. The van der Waals surface area contributed by atoms with Gasteiger partial charge in [0.05, 0.1) is 12.1 Å². The lowest BCUT2D eigenvalue weighted by Gasteiger charge is -2.04. The van der Waals surface area contributed by atoms with Crippen molar-refractivity contribution in [1.29, 1.82) is 5.26 Å². The van der Waals surface area contributed by atoms with E-state index in [1.54, 1.807) is 35.0 Å². The van der Waals surface area contributed by atoms with Gasteiger partial charge in [-0.25, -0.2) is 4.68 Å². The summed E-state index contributed by atoms with van der Waals surface area (Å²) < 4.78 is 1.58. The summed E-state index contributed by atoms with van der Waals surface area (Å²) in [5.41, 5.74) is 2.07.